The van der Waals surface area contributed by atoms with Crippen LogP contribution in [0.5, 0.6) is 0 Å². The van der Waals surface area contributed by atoms with Crippen molar-refractivity contribution < 1.29 is 4.79 Å². The maximum atomic E-state index is 11.5. The average Bonchev–Trinajstić information content (AvgIpc) is 2.65. The smallest absolute Gasteiger partial charge is 0.224 e. The van der Waals surface area contributed by atoms with E-state index in [0.29, 0.717) is 18.1 Å². The summed E-state index contributed by atoms with van der Waals surface area (Å²) in [6, 6.07) is 17.5. The first-order valence-electron chi connectivity index (χ1n) is 8.88. The number of benzene rings is 2. The van der Waals surface area contributed by atoms with E-state index < -0.39 is 0 Å². The summed E-state index contributed by atoms with van der Waals surface area (Å²) in [4.78, 5) is 20.3. The quantitative estimate of drug-likeness (QED) is 0.580. The van der Waals surface area contributed by atoms with Crippen molar-refractivity contribution in [3.8, 4) is 0 Å². The summed E-state index contributed by atoms with van der Waals surface area (Å²) >= 11 is 0. The maximum absolute atomic E-state index is 11.5. The highest BCUT2D eigenvalue weighted by atomic mass is 16.1. The van der Waals surface area contributed by atoms with Crippen LogP contribution >= 0.6 is 0 Å². The molecule has 27 heavy (non-hydrogen) atoms. The van der Waals surface area contributed by atoms with E-state index in [-0.39, 0.29) is 5.91 Å². The van der Waals surface area contributed by atoms with Gasteiger partial charge in [0.2, 0.25) is 5.91 Å². The molecule has 0 radical (unpaired) electrons. The normalized spacial score (nSPS) is 10.3. The first-order chi connectivity index (χ1) is 13.0. The number of anilines is 5. The Morgan fingerprint density at radius 2 is 1.30 bits per heavy atom. The molecular formula is C21H23N5O. The summed E-state index contributed by atoms with van der Waals surface area (Å²) in [5, 5.41) is 9.40. The predicted octanol–water partition coefficient (Wildman–Crippen LogP) is 4.93. The third-order valence-corrected chi connectivity index (χ3v) is 3.92. The van der Waals surface area contributed by atoms with Gasteiger partial charge in [0.05, 0.1) is 0 Å². The van der Waals surface area contributed by atoms with Gasteiger partial charge in [-0.2, -0.15) is 0 Å². The zero-order valence-corrected chi connectivity index (χ0v) is 15.7. The molecule has 6 heteroatoms. The van der Waals surface area contributed by atoms with E-state index in [1.807, 2.05) is 56.3 Å². The maximum Gasteiger partial charge on any atom is 0.224 e. The van der Waals surface area contributed by atoms with Crippen molar-refractivity contribution in [3.63, 3.8) is 0 Å². The van der Waals surface area contributed by atoms with Gasteiger partial charge < -0.3 is 16.0 Å². The Balaban J connectivity index is 1.72. The van der Waals surface area contributed by atoms with E-state index in [1.165, 1.54) is 5.56 Å². The molecule has 0 aliphatic rings. The van der Waals surface area contributed by atoms with Gasteiger partial charge in [-0.05, 0) is 50.2 Å². The largest absolute Gasteiger partial charge is 0.340 e. The van der Waals surface area contributed by atoms with Crippen LogP contribution in [-0.2, 0) is 4.79 Å². The summed E-state index contributed by atoms with van der Waals surface area (Å²) < 4.78 is 0. The predicted molar refractivity (Wildman–Crippen MR) is 110 cm³/mol. The number of aryl methyl sites for hydroxylation is 2. The minimum atomic E-state index is -0.00560. The van der Waals surface area contributed by atoms with E-state index in [2.05, 4.69) is 45.0 Å². The molecule has 0 saturated heterocycles. The minimum Gasteiger partial charge on any atom is -0.340 e. The van der Waals surface area contributed by atoms with Crippen LogP contribution in [0.3, 0.4) is 0 Å². The van der Waals surface area contributed by atoms with Crippen LogP contribution in [0.4, 0.5) is 28.7 Å². The van der Waals surface area contributed by atoms with Crippen molar-refractivity contribution in [3.05, 3.63) is 66.0 Å². The third kappa shape index (κ3) is 5.28. The lowest BCUT2D eigenvalue weighted by molar-refractivity contribution is -0.115. The lowest BCUT2D eigenvalue weighted by atomic mass is 10.2. The van der Waals surface area contributed by atoms with Crippen LogP contribution in [0.1, 0.15) is 24.7 Å². The number of hydrogen-bond donors (Lipinski definition) is 3. The molecule has 0 atom stereocenters. The molecule has 0 spiro atoms. The molecule has 0 fully saturated rings. The van der Waals surface area contributed by atoms with Gasteiger partial charge in [0.15, 0.2) is 0 Å². The molecule has 3 N–H and O–H groups in total. The first kappa shape index (κ1) is 18.4. The SMILES string of the molecule is CCC(=O)Nc1ccc(Nc2cc(Nc3ccc(C)cc3)nc(C)n2)cc1. The standard InChI is InChI=1S/C21H23N5O/c1-4-21(27)26-18-11-9-17(10-12-18)25-20-13-19(22-15(3)23-20)24-16-7-5-14(2)6-8-16/h5-13H,4H2,1-3H3,(H,26,27)(H2,22,23,24,25). The number of amides is 1. The molecule has 1 heterocycles. The Morgan fingerprint density at radius 3 is 1.81 bits per heavy atom. The molecule has 6 nitrogen and oxygen atoms in total. The first-order valence-corrected chi connectivity index (χ1v) is 8.88. The van der Waals surface area contributed by atoms with Gasteiger partial charge in [0, 0.05) is 29.5 Å². The fourth-order valence-corrected chi connectivity index (χ4v) is 2.51. The number of aromatic nitrogens is 2. The summed E-state index contributed by atoms with van der Waals surface area (Å²) in [5.41, 5.74) is 3.83. The molecule has 0 bridgehead atoms. The summed E-state index contributed by atoms with van der Waals surface area (Å²) in [6.07, 6.45) is 0.455. The molecule has 3 aromatic rings. The highest BCUT2D eigenvalue weighted by molar-refractivity contribution is 5.90. The van der Waals surface area contributed by atoms with Crippen molar-refractivity contribution in [1.82, 2.24) is 9.97 Å². The lowest BCUT2D eigenvalue weighted by Gasteiger charge is -2.11. The van der Waals surface area contributed by atoms with Crippen LogP contribution < -0.4 is 16.0 Å². The van der Waals surface area contributed by atoms with Gasteiger partial charge in [-0.25, -0.2) is 9.97 Å². The minimum absolute atomic E-state index is 0.00560. The van der Waals surface area contributed by atoms with Gasteiger partial charge >= 0.3 is 0 Å². The highest BCUT2D eigenvalue weighted by Crippen LogP contribution is 2.22. The van der Waals surface area contributed by atoms with Gasteiger partial charge in [-0.3, -0.25) is 4.79 Å². The zero-order valence-electron chi connectivity index (χ0n) is 15.7. The summed E-state index contributed by atoms with van der Waals surface area (Å²) in [6.45, 7) is 5.74. The number of carbonyl (C=O) groups is 1. The van der Waals surface area contributed by atoms with Crippen LogP contribution in [0.2, 0.25) is 0 Å². The number of rotatable bonds is 6. The van der Waals surface area contributed by atoms with Crippen molar-refractivity contribution in [1.29, 1.82) is 0 Å². The van der Waals surface area contributed by atoms with Gasteiger partial charge in [-0.15, -0.1) is 0 Å². The molecule has 3 rings (SSSR count). The number of carbonyl (C=O) groups excluding carboxylic acids is 1. The number of nitrogens with zero attached hydrogens (tertiary/aromatic N) is 2. The van der Waals surface area contributed by atoms with E-state index in [9.17, 15) is 4.79 Å². The van der Waals surface area contributed by atoms with Crippen molar-refractivity contribution in [2.75, 3.05) is 16.0 Å². The second-order valence-electron chi connectivity index (χ2n) is 6.28. The van der Waals surface area contributed by atoms with Crippen LogP contribution in [-0.4, -0.2) is 15.9 Å². The van der Waals surface area contributed by atoms with Crippen LogP contribution in [0, 0.1) is 13.8 Å². The molecule has 0 aliphatic heterocycles. The molecule has 1 aromatic heterocycles. The highest BCUT2D eigenvalue weighted by Gasteiger charge is 2.04. The van der Waals surface area contributed by atoms with Gasteiger partial charge in [-0.1, -0.05) is 24.6 Å². The molecule has 0 aliphatic carbocycles. The molecule has 0 saturated carbocycles. The summed E-state index contributed by atoms with van der Waals surface area (Å²) in [5.74, 6) is 2.08. The monoisotopic (exact) mass is 361 g/mol. The second-order valence-corrected chi connectivity index (χ2v) is 6.28. The number of hydrogen-bond acceptors (Lipinski definition) is 5. The van der Waals surface area contributed by atoms with Crippen molar-refractivity contribution in [2.24, 2.45) is 0 Å². The molecule has 2 aromatic carbocycles. The number of nitrogens with one attached hydrogen (secondary N) is 3. The van der Waals surface area contributed by atoms with Crippen molar-refractivity contribution in [2.45, 2.75) is 27.2 Å². The van der Waals surface area contributed by atoms with Crippen molar-refractivity contribution >= 4 is 34.6 Å². The summed E-state index contributed by atoms with van der Waals surface area (Å²) in [7, 11) is 0. The Hall–Kier alpha value is -3.41. The Kier molecular flexibility index (Phi) is 5.66. The van der Waals surface area contributed by atoms with E-state index >= 15 is 0 Å². The topological polar surface area (TPSA) is 78.9 Å². The van der Waals surface area contributed by atoms with E-state index in [1.54, 1.807) is 0 Å². The zero-order chi connectivity index (χ0) is 19.2. The molecule has 138 valence electrons. The Bertz CT molecular complexity index is 920. The molecule has 1 amide bonds. The fraction of sp³-hybridized carbons (Fsp3) is 0.190. The second kappa shape index (κ2) is 8.31. The average molecular weight is 361 g/mol. The van der Waals surface area contributed by atoms with Gasteiger partial charge in [0.25, 0.3) is 0 Å². The fourth-order valence-electron chi connectivity index (χ4n) is 2.51. The molecular weight excluding hydrogens is 338 g/mol. The van der Waals surface area contributed by atoms with E-state index in [0.717, 1.165) is 22.9 Å². The Morgan fingerprint density at radius 1 is 0.815 bits per heavy atom. The van der Waals surface area contributed by atoms with Gasteiger partial charge in [0.1, 0.15) is 17.5 Å². The van der Waals surface area contributed by atoms with E-state index in [4.69, 9.17) is 0 Å². The Labute approximate surface area is 159 Å². The van der Waals surface area contributed by atoms with Crippen LogP contribution in [0.25, 0.3) is 0 Å². The van der Waals surface area contributed by atoms with Crippen LogP contribution in [0.15, 0.2) is 54.6 Å². The third-order valence-electron chi connectivity index (χ3n) is 3.92. The molecule has 0 unspecified atom stereocenters. The lowest BCUT2D eigenvalue weighted by Crippen LogP contribution is -2.09.